The molecule has 0 saturated carbocycles. The number of hydrogen-bond acceptors (Lipinski definition) is 3. The Hall–Kier alpha value is -0.680. The van der Waals surface area contributed by atoms with Gasteiger partial charge in [0, 0.05) is 6.54 Å². The van der Waals surface area contributed by atoms with Crippen molar-refractivity contribution in [1.82, 2.24) is 14.8 Å². The minimum atomic E-state index is -0.941. The van der Waals surface area contributed by atoms with Gasteiger partial charge in [0.15, 0.2) is 10.6 Å². The van der Waals surface area contributed by atoms with E-state index in [0.717, 1.165) is 0 Å². The van der Waals surface area contributed by atoms with Crippen LogP contribution in [0.4, 0.5) is 0 Å². The van der Waals surface area contributed by atoms with Crippen molar-refractivity contribution in [2.75, 3.05) is 0 Å². The Labute approximate surface area is 76.2 Å². The van der Waals surface area contributed by atoms with Crippen LogP contribution in [0.2, 0.25) is 0 Å². The van der Waals surface area contributed by atoms with Crippen LogP contribution in [0.15, 0.2) is 0 Å². The van der Waals surface area contributed by atoms with Gasteiger partial charge in [0.2, 0.25) is 0 Å². The monoisotopic (exact) mass is 187 g/mol. The van der Waals surface area contributed by atoms with Gasteiger partial charge in [-0.25, -0.2) is 0 Å². The number of rotatable bonds is 2. The molecule has 2 N–H and O–H groups in total. The fourth-order valence-electron chi connectivity index (χ4n) is 1.08. The molecule has 0 aliphatic heterocycles. The first-order valence-electron chi connectivity index (χ1n) is 3.85. The highest BCUT2D eigenvalue weighted by Crippen LogP contribution is 2.16. The van der Waals surface area contributed by atoms with Gasteiger partial charge >= 0.3 is 0 Å². The summed E-state index contributed by atoms with van der Waals surface area (Å²) in [5.41, 5.74) is -0.941. The summed E-state index contributed by atoms with van der Waals surface area (Å²) in [6, 6.07) is 0. The quantitative estimate of drug-likeness (QED) is 0.684. The van der Waals surface area contributed by atoms with Gasteiger partial charge in [0.1, 0.15) is 5.60 Å². The van der Waals surface area contributed by atoms with Crippen LogP contribution >= 0.6 is 12.2 Å². The molecule has 1 aromatic heterocycles. The van der Waals surface area contributed by atoms with Gasteiger partial charge in [-0.05, 0) is 33.0 Å². The van der Waals surface area contributed by atoms with Gasteiger partial charge in [-0.2, -0.15) is 5.10 Å². The zero-order valence-corrected chi connectivity index (χ0v) is 8.27. The molecule has 0 saturated heterocycles. The van der Waals surface area contributed by atoms with Crippen molar-refractivity contribution in [2.24, 2.45) is 0 Å². The Morgan fingerprint density at radius 3 is 2.58 bits per heavy atom. The van der Waals surface area contributed by atoms with Crippen LogP contribution in [0, 0.1) is 4.77 Å². The molecule has 0 aromatic carbocycles. The van der Waals surface area contributed by atoms with E-state index in [1.54, 1.807) is 18.4 Å². The second-order valence-electron chi connectivity index (χ2n) is 3.16. The van der Waals surface area contributed by atoms with Crippen LogP contribution in [0.5, 0.6) is 0 Å². The molecule has 0 amide bonds. The van der Waals surface area contributed by atoms with Gasteiger partial charge in [-0.15, -0.1) is 0 Å². The highest BCUT2D eigenvalue weighted by Gasteiger charge is 2.22. The third-order valence-corrected chi connectivity index (χ3v) is 1.93. The topological polar surface area (TPSA) is 53.8 Å². The van der Waals surface area contributed by atoms with Crippen LogP contribution in [0.25, 0.3) is 0 Å². The number of nitrogens with zero attached hydrogens (tertiary/aromatic N) is 2. The Balaban J connectivity index is 3.26. The van der Waals surface area contributed by atoms with E-state index >= 15 is 0 Å². The average Bonchev–Trinajstić information content (AvgIpc) is 2.29. The molecule has 0 atom stereocenters. The van der Waals surface area contributed by atoms with Crippen molar-refractivity contribution in [3.05, 3.63) is 10.6 Å². The van der Waals surface area contributed by atoms with Crippen LogP contribution in [-0.2, 0) is 12.1 Å². The van der Waals surface area contributed by atoms with E-state index in [2.05, 4.69) is 10.2 Å². The Bertz CT molecular complexity index is 320. The van der Waals surface area contributed by atoms with Crippen molar-refractivity contribution in [1.29, 1.82) is 0 Å². The second-order valence-corrected chi connectivity index (χ2v) is 3.54. The molecule has 12 heavy (non-hydrogen) atoms. The fraction of sp³-hybridized carbons (Fsp3) is 0.714. The average molecular weight is 187 g/mol. The Kier molecular flexibility index (Phi) is 2.34. The zero-order chi connectivity index (χ0) is 9.35. The molecular formula is C7H13N3OS. The molecule has 0 bridgehead atoms. The Morgan fingerprint density at radius 2 is 2.25 bits per heavy atom. The van der Waals surface area contributed by atoms with Crippen molar-refractivity contribution >= 4 is 12.2 Å². The van der Waals surface area contributed by atoms with Crippen LogP contribution in [0.1, 0.15) is 26.6 Å². The number of aromatic amines is 1. The number of hydrogen-bond donors (Lipinski definition) is 2. The summed E-state index contributed by atoms with van der Waals surface area (Å²) in [7, 11) is 0. The summed E-state index contributed by atoms with van der Waals surface area (Å²) in [4.78, 5) is 0. The molecule has 1 heterocycles. The van der Waals surface area contributed by atoms with Crippen molar-refractivity contribution in [2.45, 2.75) is 32.9 Å². The van der Waals surface area contributed by atoms with Crippen LogP contribution < -0.4 is 0 Å². The first-order valence-corrected chi connectivity index (χ1v) is 4.25. The van der Waals surface area contributed by atoms with E-state index in [0.29, 0.717) is 17.1 Å². The molecule has 1 aromatic rings. The fourth-order valence-corrected chi connectivity index (χ4v) is 1.34. The smallest absolute Gasteiger partial charge is 0.195 e. The van der Waals surface area contributed by atoms with E-state index in [4.69, 9.17) is 12.2 Å². The van der Waals surface area contributed by atoms with E-state index in [1.165, 1.54) is 0 Å². The van der Waals surface area contributed by atoms with Gasteiger partial charge in [-0.1, -0.05) is 0 Å². The van der Waals surface area contributed by atoms with Crippen molar-refractivity contribution in [3.63, 3.8) is 0 Å². The number of H-pyrrole nitrogens is 1. The Morgan fingerprint density at radius 1 is 1.67 bits per heavy atom. The first kappa shape index (κ1) is 9.41. The maximum absolute atomic E-state index is 9.66. The van der Waals surface area contributed by atoms with Crippen molar-refractivity contribution in [3.8, 4) is 0 Å². The summed E-state index contributed by atoms with van der Waals surface area (Å²) in [5.74, 6) is 0.579. The molecule has 0 fully saturated rings. The molecule has 0 radical (unpaired) electrons. The number of nitrogens with one attached hydrogen (secondary N) is 1. The van der Waals surface area contributed by atoms with Crippen molar-refractivity contribution < 1.29 is 5.11 Å². The number of aromatic nitrogens is 3. The lowest BCUT2D eigenvalue weighted by molar-refractivity contribution is 0.0644. The lowest BCUT2D eigenvalue weighted by atomic mass is 10.1. The standard InChI is InChI=1S/C7H13N3OS/c1-4-10-5(7(2,3)11)8-9-6(10)12/h11H,4H2,1-3H3,(H,9,12). The molecule has 1 rings (SSSR count). The summed E-state index contributed by atoms with van der Waals surface area (Å²) >= 11 is 4.97. The van der Waals surface area contributed by atoms with Gasteiger partial charge in [0.05, 0.1) is 0 Å². The van der Waals surface area contributed by atoms with E-state index in [1.807, 2.05) is 6.92 Å². The van der Waals surface area contributed by atoms with E-state index < -0.39 is 5.60 Å². The number of aliphatic hydroxyl groups is 1. The zero-order valence-electron chi connectivity index (χ0n) is 7.46. The summed E-state index contributed by atoms with van der Waals surface area (Å²) in [6.07, 6.45) is 0. The summed E-state index contributed by atoms with van der Waals surface area (Å²) in [6.45, 7) is 6.05. The molecule has 68 valence electrons. The highest BCUT2D eigenvalue weighted by atomic mass is 32.1. The van der Waals surface area contributed by atoms with Crippen LogP contribution in [0.3, 0.4) is 0 Å². The SMILES string of the molecule is CCn1c(C(C)(C)O)n[nH]c1=S. The predicted octanol–water partition coefficient (Wildman–Crippen LogP) is 1.19. The molecule has 0 aliphatic rings. The molecular weight excluding hydrogens is 174 g/mol. The first-order chi connectivity index (χ1) is 5.46. The summed E-state index contributed by atoms with van der Waals surface area (Å²) < 4.78 is 2.32. The molecule has 0 aliphatic carbocycles. The van der Waals surface area contributed by atoms with Crippen LogP contribution in [-0.4, -0.2) is 19.9 Å². The molecule has 5 heteroatoms. The molecule has 0 spiro atoms. The molecule has 0 unspecified atom stereocenters. The predicted molar refractivity (Wildman–Crippen MR) is 48.3 cm³/mol. The third kappa shape index (κ3) is 1.56. The summed E-state index contributed by atoms with van der Waals surface area (Å²) in [5, 5.41) is 16.3. The minimum absolute atomic E-state index is 0.551. The van der Waals surface area contributed by atoms with Gasteiger partial charge in [-0.3, -0.25) is 5.10 Å². The lowest BCUT2D eigenvalue weighted by Crippen LogP contribution is -2.21. The normalized spacial score (nSPS) is 12.0. The minimum Gasteiger partial charge on any atom is -0.382 e. The maximum atomic E-state index is 9.66. The molecule has 4 nitrogen and oxygen atoms in total. The van der Waals surface area contributed by atoms with E-state index in [-0.39, 0.29) is 0 Å². The third-order valence-electron chi connectivity index (χ3n) is 1.62. The second kappa shape index (κ2) is 2.99. The van der Waals surface area contributed by atoms with Gasteiger partial charge < -0.3 is 9.67 Å². The lowest BCUT2D eigenvalue weighted by Gasteiger charge is -2.16. The van der Waals surface area contributed by atoms with Gasteiger partial charge in [0.25, 0.3) is 0 Å². The largest absolute Gasteiger partial charge is 0.382 e. The maximum Gasteiger partial charge on any atom is 0.195 e. The van der Waals surface area contributed by atoms with E-state index in [9.17, 15) is 5.11 Å². The highest BCUT2D eigenvalue weighted by molar-refractivity contribution is 7.71.